The predicted octanol–water partition coefficient (Wildman–Crippen LogP) is 6.15. The summed E-state index contributed by atoms with van der Waals surface area (Å²) in [5.74, 6) is 0.460. The number of alkyl halides is 2. The van der Waals surface area contributed by atoms with Crippen LogP contribution in [0.15, 0.2) is 23.3 Å². The van der Waals surface area contributed by atoms with E-state index in [1.807, 2.05) is 0 Å². The quantitative estimate of drug-likeness (QED) is 0.244. The molecule has 22 heavy (non-hydrogen) atoms. The molecule has 0 aromatic rings. The van der Waals surface area contributed by atoms with Gasteiger partial charge in [0.15, 0.2) is 0 Å². The molecule has 0 aromatic carbocycles. The van der Waals surface area contributed by atoms with Crippen LogP contribution < -0.4 is 0 Å². The number of allylic oxidation sites excluding steroid dienone is 4. The molecule has 0 amide bonds. The second kappa shape index (κ2) is 5.85. The molecule has 0 aromatic heterocycles. The highest BCUT2D eigenvalue weighted by Gasteiger charge is 2.61. The zero-order valence-corrected chi connectivity index (χ0v) is 19.0. The number of hydrogen-bond acceptors (Lipinski definition) is 1. The Balaban J connectivity index is 2.42. The summed E-state index contributed by atoms with van der Waals surface area (Å²) < 4.78 is 2.04. The number of ketones is 1. The van der Waals surface area contributed by atoms with Gasteiger partial charge in [-0.15, -0.1) is 0 Å². The van der Waals surface area contributed by atoms with Gasteiger partial charge in [0.2, 0.25) is 0 Å². The van der Waals surface area contributed by atoms with Crippen molar-refractivity contribution in [1.29, 1.82) is 0 Å². The highest BCUT2D eigenvalue weighted by molar-refractivity contribution is 14.1. The van der Waals surface area contributed by atoms with Crippen LogP contribution in [0.25, 0.3) is 0 Å². The van der Waals surface area contributed by atoms with E-state index in [4.69, 9.17) is 0 Å². The van der Waals surface area contributed by atoms with Crippen LogP contribution >= 0.6 is 45.2 Å². The van der Waals surface area contributed by atoms with Crippen molar-refractivity contribution in [3.8, 4) is 0 Å². The van der Waals surface area contributed by atoms with E-state index in [9.17, 15) is 4.79 Å². The first-order valence-corrected chi connectivity index (χ1v) is 11.1. The van der Waals surface area contributed by atoms with Crippen molar-refractivity contribution in [2.45, 2.75) is 54.4 Å². The predicted molar refractivity (Wildman–Crippen MR) is 112 cm³/mol. The molecule has 2 aliphatic rings. The Kier molecular flexibility index (Phi) is 5.04. The maximum atomic E-state index is 13.8. The van der Waals surface area contributed by atoms with Gasteiger partial charge < -0.3 is 0 Å². The van der Waals surface area contributed by atoms with Gasteiger partial charge in [0.1, 0.15) is 5.78 Å². The third-order valence-corrected chi connectivity index (χ3v) is 8.81. The average molecular weight is 526 g/mol. The van der Waals surface area contributed by atoms with Gasteiger partial charge in [0, 0.05) is 19.7 Å². The lowest BCUT2D eigenvalue weighted by molar-refractivity contribution is -0.146. The summed E-state index contributed by atoms with van der Waals surface area (Å²) in [6.45, 7) is 13.5. The Morgan fingerprint density at radius 1 is 0.864 bits per heavy atom. The average Bonchev–Trinajstić information content (AvgIpc) is 2.82. The molecule has 0 fully saturated rings. The molecule has 2 rings (SSSR count). The van der Waals surface area contributed by atoms with E-state index >= 15 is 0 Å². The number of hydrogen-bond donors (Lipinski definition) is 0. The molecular weight excluding hydrogens is 498 g/mol. The van der Waals surface area contributed by atoms with Gasteiger partial charge in [-0.25, -0.2) is 0 Å². The third-order valence-electron chi connectivity index (χ3n) is 7.17. The van der Waals surface area contributed by atoms with Gasteiger partial charge in [-0.3, -0.25) is 4.79 Å². The van der Waals surface area contributed by atoms with Gasteiger partial charge in [0.25, 0.3) is 0 Å². The van der Waals surface area contributed by atoms with Crippen LogP contribution in [-0.4, -0.2) is 14.6 Å². The molecule has 124 valence electrons. The van der Waals surface area contributed by atoms with E-state index in [0.29, 0.717) is 5.78 Å². The van der Waals surface area contributed by atoms with Crippen molar-refractivity contribution >= 4 is 51.0 Å². The van der Waals surface area contributed by atoms with E-state index in [0.717, 1.165) is 21.7 Å². The standard InChI is InChI=1S/C19H28I2O/c1-16(2)13(11-20)7-9-18(16,5)15(22)19(6)10-8-14(12-21)17(19,3)4/h7-8H,9-12H2,1-6H3/t18-,19-/m1/s1. The van der Waals surface area contributed by atoms with Crippen LogP contribution in [0.4, 0.5) is 0 Å². The second-order valence-corrected chi connectivity index (χ2v) is 9.90. The highest BCUT2D eigenvalue weighted by Crippen LogP contribution is 2.62. The van der Waals surface area contributed by atoms with Crippen LogP contribution in [0.2, 0.25) is 0 Å². The van der Waals surface area contributed by atoms with Crippen LogP contribution in [0.5, 0.6) is 0 Å². The molecule has 0 radical (unpaired) electrons. The second-order valence-electron chi connectivity index (χ2n) is 8.38. The molecule has 0 heterocycles. The van der Waals surface area contributed by atoms with Crippen molar-refractivity contribution in [3.05, 3.63) is 23.3 Å². The van der Waals surface area contributed by atoms with Gasteiger partial charge in [-0.1, -0.05) is 110 Å². The zero-order valence-electron chi connectivity index (χ0n) is 14.6. The molecule has 2 atom stereocenters. The Morgan fingerprint density at radius 3 is 1.41 bits per heavy atom. The number of carbonyl (C=O) groups is 1. The summed E-state index contributed by atoms with van der Waals surface area (Å²) in [6, 6.07) is 0. The molecule has 3 heteroatoms. The summed E-state index contributed by atoms with van der Waals surface area (Å²) in [4.78, 5) is 13.8. The van der Waals surface area contributed by atoms with E-state index in [1.54, 1.807) is 0 Å². The number of Topliss-reactive ketones (excluding diaryl/α,β-unsaturated/α-hetero) is 1. The summed E-state index contributed by atoms with van der Waals surface area (Å²) in [5, 5.41) is 0. The Labute approximate surface area is 163 Å². The number of halogens is 2. The summed E-state index contributed by atoms with van der Waals surface area (Å²) in [7, 11) is 0. The van der Waals surface area contributed by atoms with E-state index in [2.05, 4.69) is 98.9 Å². The minimum absolute atomic E-state index is 0.0442. The first-order chi connectivity index (χ1) is 9.99. The fourth-order valence-corrected chi connectivity index (χ4v) is 6.72. The summed E-state index contributed by atoms with van der Waals surface area (Å²) in [6.07, 6.45) is 6.43. The van der Waals surface area contributed by atoms with E-state index < -0.39 is 0 Å². The van der Waals surface area contributed by atoms with Gasteiger partial charge in [-0.2, -0.15) is 0 Å². The van der Waals surface area contributed by atoms with Crippen molar-refractivity contribution in [3.63, 3.8) is 0 Å². The lowest BCUT2D eigenvalue weighted by Gasteiger charge is -2.48. The van der Waals surface area contributed by atoms with Crippen LogP contribution in [0.1, 0.15) is 54.4 Å². The highest BCUT2D eigenvalue weighted by atomic mass is 127. The topological polar surface area (TPSA) is 17.1 Å². The molecule has 0 saturated carbocycles. The van der Waals surface area contributed by atoms with Gasteiger partial charge in [0.05, 0.1) is 0 Å². The lowest BCUT2D eigenvalue weighted by Crippen LogP contribution is -2.51. The first-order valence-electron chi connectivity index (χ1n) is 8.05. The third kappa shape index (κ3) is 2.31. The normalized spacial score (nSPS) is 36.2. The van der Waals surface area contributed by atoms with E-state index in [1.165, 1.54) is 11.1 Å². The van der Waals surface area contributed by atoms with Crippen LogP contribution in [0.3, 0.4) is 0 Å². The molecule has 1 nitrogen and oxygen atoms in total. The fraction of sp³-hybridized carbons (Fsp3) is 0.737. The minimum Gasteiger partial charge on any atom is -0.298 e. The maximum absolute atomic E-state index is 13.8. The van der Waals surface area contributed by atoms with E-state index in [-0.39, 0.29) is 21.7 Å². The fourth-order valence-electron chi connectivity index (χ4n) is 4.19. The molecule has 0 N–H and O–H groups in total. The largest absolute Gasteiger partial charge is 0.298 e. The molecular formula is C19H28I2O. The molecule has 2 aliphatic carbocycles. The molecule has 0 aliphatic heterocycles. The molecule has 0 unspecified atom stereocenters. The monoisotopic (exact) mass is 526 g/mol. The van der Waals surface area contributed by atoms with Crippen LogP contribution in [-0.2, 0) is 4.79 Å². The van der Waals surface area contributed by atoms with Crippen molar-refractivity contribution in [2.24, 2.45) is 21.7 Å². The maximum Gasteiger partial charge on any atom is 0.146 e. The van der Waals surface area contributed by atoms with Crippen molar-refractivity contribution < 1.29 is 4.79 Å². The summed E-state index contributed by atoms with van der Waals surface area (Å²) >= 11 is 4.86. The van der Waals surface area contributed by atoms with Crippen molar-refractivity contribution in [2.75, 3.05) is 8.86 Å². The molecule has 0 spiro atoms. The zero-order chi connectivity index (χ0) is 17.0. The number of carbonyl (C=O) groups excluding carboxylic acids is 1. The molecule has 0 saturated heterocycles. The smallest absolute Gasteiger partial charge is 0.146 e. The summed E-state index contributed by atoms with van der Waals surface area (Å²) in [5.41, 5.74) is 2.22. The minimum atomic E-state index is -0.284. The number of rotatable bonds is 4. The lowest BCUT2D eigenvalue weighted by atomic mass is 9.53. The van der Waals surface area contributed by atoms with Gasteiger partial charge in [-0.05, 0) is 23.7 Å². The van der Waals surface area contributed by atoms with Gasteiger partial charge >= 0.3 is 0 Å². The van der Waals surface area contributed by atoms with Crippen molar-refractivity contribution in [1.82, 2.24) is 0 Å². The Hall–Kier alpha value is 0.610. The Bertz CT molecular complexity index is 508. The first kappa shape index (κ1) is 18.9. The molecule has 0 bridgehead atoms. The van der Waals surface area contributed by atoms with Crippen LogP contribution in [0, 0.1) is 21.7 Å². The SMILES string of the molecule is CC1(C)C(CI)=CC[C@]1(C)C(=O)[C@@]1(C)CC=C(CI)C1(C)C. The Morgan fingerprint density at radius 2 is 1.18 bits per heavy atom.